The summed E-state index contributed by atoms with van der Waals surface area (Å²) in [7, 11) is 3.55. The Kier molecular flexibility index (Phi) is 6.92. The highest BCUT2D eigenvalue weighted by molar-refractivity contribution is 8.01. The standard InChI is InChI=1S/C16H25N3O2S2/c1-4-22-15-7-6-13(23-15)16(21)19-9-5-8-18(10-11-19)12-14(20)17(2)3/h6-7H,4-5,8-12H2,1-3H3. The van der Waals surface area contributed by atoms with Gasteiger partial charge in [-0.15, -0.1) is 23.1 Å². The number of hydrogen-bond donors (Lipinski definition) is 0. The van der Waals surface area contributed by atoms with Crippen LogP contribution in [0.3, 0.4) is 0 Å². The molecule has 1 aromatic heterocycles. The van der Waals surface area contributed by atoms with Crippen molar-refractivity contribution in [1.29, 1.82) is 0 Å². The molecule has 128 valence electrons. The second-order valence-corrected chi connectivity index (χ2v) is 8.41. The molecule has 0 spiro atoms. The summed E-state index contributed by atoms with van der Waals surface area (Å²) in [5, 5.41) is 0. The molecule has 0 bridgehead atoms. The summed E-state index contributed by atoms with van der Waals surface area (Å²) in [4.78, 5) is 31.0. The maximum Gasteiger partial charge on any atom is 0.264 e. The Labute approximate surface area is 146 Å². The molecule has 2 heterocycles. The molecule has 5 nitrogen and oxygen atoms in total. The minimum absolute atomic E-state index is 0.115. The molecule has 1 aliphatic rings. The zero-order valence-corrected chi connectivity index (χ0v) is 15.7. The van der Waals surface area contributed by atoms with Crippen LogP contribution in [-0.2, 0) is 4.79 Å². The van der Waals surface area contributed by atoms with Crippen molar-refractivity contribution in [3.05, 3.63) is 17.0 Å². The second kappa shape index (κ2) is 8.70. The first-order valence-electron chi connectivity index (χ1n) is 7.95. The predicted molar refractivity (Wildman–Crippen MR) is 96.4 cm³/mol. The highest BCUT2D eigenvalue weighted by atomic mass is 32.2. The monoisotopic (exact) mass is 355 g/mol. The summed E-state index contributed by atoms with van der Waals surface area (Å²) < 4.78 is 1.20. The van der Waals surface area contributed by atoms with Crippen LogP contribution in [0.25, 0.3) is 0 Å². The number of carbonyl (C=O) groups is 2. The van der Waals surface area contributed by atoms with Gasteiger partial charge in [0.15, 0.2) is 0 Å². The molecule has 0 saturated carbocycles. The summed E-state index contributed by atoms with van der Waals surface area (Å²) in [5.74, 6) is 1.26. The van der Waals surface area contributed by atoms with Gasteiger partial charge in [0.25, 0.3) is 5.91 Å². The van der Waals surface area contributed by atoms with Gasteiger partial charge < -0.3 is 9.80 Å². The van der Waals surface area contributed by atoms with Crippen LogP contribution < -0.4 is 0 Å². The van der Waals surface area contributed by atoms with Crippen molar-refractivity contribution in [3.8, 4) is 0 Å². The van der Waals surface area contributed by atoms with Gasteiger partial charge in [0.05, 0.1) is 15.6 Å². The molecule has 23 heavy (non-hydrogen) atoms. The van der Waals surface area contributed by atoms with E-state index in [1.165, 1.54) is 4.21 Å². The van der Waals surface area contributed by atoms with E-state index in [0.29, 0.717) is 13.1 Å². The first kappa shape index (κ1) is 18.3. The summed E-state index contributed by atoms with van der Waals surface area (Å²) in [6.07, 6.45) is 0.911. The van der Waals surface area contributed by atoms with Crippen LogP contribution in [0.5, 0.6) is 0 Å². The van der Waals surface area contributed by atoms with Crippen LogP contribution in [0.1, 0.15) is 23.0 Å². The summed E-state index contributed by atoms with van der Waals surface area (Å²) in [6, 6.07) is 3.97. The van der Waals surface area contributed by atoms with E-state index in [1.54, 1.807) is 42.1 Å². The van der Waals surface area contributed by atoms with Crippen LogP contribution in [-0.4, -0.2) is 79.1 Å². The van der Waals surface area contributed by atoms with E-state index >= 15 is 0 Å². The van der Waals surface area contributed by atoms with Crippen LogP contribution >= 0.6 is 23.1 Å². The summed E-state index contributed by atoms with van der Waals surface area (Å²) in [5.41, 5.74) is 0. The number of thiophene rings is 1. The van der Waals surface area contributed by atoms with Crippen molar-refractivity contribution in [1.82, 2.24) is 14.7 Å². The molecule has 2 amide bonds. The van der Waals surface area contributed by atoms with E-state index in [2.05, 4.69) is 11.8 Å². The number of hydrogen-bond acceptors (Lipinski definition) is 5. The molecule has 0 atom stereocenters. The van der Waals surface area contributed by atoms with Crippen LogP contribution in [0.2, 0.25) is 0 Å². The van der Waals surface area contributed by atoms with Crippen LogP contribution in [0.4, 0.5) is 0 Å². The summed E-state index contributed by atoms with van der Waals surface area (Å²) in [6.45, 7) is 5.63. The van der Waals surface area contributed by atoms with Gasteiger partial charge in [-0.05, 0) is 24.3 Å². The lowest BCUT2D eigenvalue weighted by Gasteiger charge is -2.22. The first-order chi connectivity index (χ1) is 11.0. The molecule has 0 unspecified atom stereocenters. The Morgan fingerprint density at radius 2 is 2.00 bits per heavy atom. The average molecular weight is 356 g/mol. The minimum Gasteiger partial charge on any atom is -0.348 e. The number of rotatable bonds is 5. The zero-order chi connectivity index (χ0) is 16.8. The molecule has 0 aromatic carbocycles. The fraction of sp³-hybridized carbons (Fsp3) is 0.625. The van der Waals surface area contributed by atoms with E-state index in [0.717, 1.165) is 36.7 Å². The van der Waals surface area contributed by atoms with Gasteiger partial charge in [-0.25, -0.2) is 0 Å². The third-order valence-electron chi connectivity index (χ3n) is 3.81. The molecule has 1 fully saturated rings. The number of nitrogens with zero attached hydrogens (tertiary/aromatic N) is 3. The van der Waals surface area contributed by atoms with E-state index < -0.39 is 0 Å². The second-order valence-electron chi connectivity index (χ2n) is 5.76. The molecule has 0 aliphatic carbocycles. The van der Waals surface area contributed by atoms with Gasteiger partial charge in [-0.2, -0.15) is 0 Å². The third kappa shape index (κ3) is 5.22. The molecule has 2 rings (SSSR count). The number of carbonyl (C=O) groups excluding carboxylic acids is 2. The van der Waals surface area contributed by atoms with Crippen molar-refractivity contribution in [2.75, 3.05) is 52.6 Å². The highest BCUT2D eigenvalue weighted by Crippen LogP contribution is 2.28. The molecule has 0 N–H and O–H groups in total. The fourth-order valence-corrected chi connectivity index (χ4v) is 4.49. The van der Waals surface area contributed by atoms with Gasteiger partial charge >= 0.3 is 0 Å². The minimum atomic E-state index is 0.115. The lowest BCUT2D eigenvalue weighted by atomic mass is 10.3. The number of likely N-dealkylation sites (N-methyl/N-ethyl adjacent to an activating group) is 1. The van der Waals surface area contributed by atoms with Crippen LogP contribution in [0.15, 0.2) is 16.3 Å². The molecular formula is C16H25N3O2S2. The fourth-order valence-electron chi connectivity index (χ4n) is 2.48. The van der Waals surface area contributed by atoms with Crippen LogP contribution in [0, 0.1) is 0 Å². The largest absolute Gasteiger partial charge is 0.348 e. The summed E-state index contributed by atoms with van der Waals surface area (Å²) >= 11 is 3.35. The normalized spacial score (nSPS) is 16.2. The van der Waals surface area contributed by atoms with Crippen molar-refractivity contribution in [3.63, 3.8) is 0 Å². The van der Waals surface area contributed by atoms with Crippen molar-refractivity contribution < 1.29 is 9.59 Å². The van der Waals surface area contributed by atoms with Crippen molar-refractivity contribution in [2.45, 2.75) is 17.6 Å². The van der Waals surface area contributed by atoms with E-state index in [9.17, 15) is 9.59 Å². The lowest BCUT2D eigenvalue weighted by molar-refractivity contribution is -0.129. The van der Waals surface area contributed by atoms with E-state index in [-0.39, 0.29) is 11.8 Å². The van der Waals surface area contributed by atoms with Crippen molar-refractivity contribution in [2.24, 2.45) is 0 Å². The topological polar surface area (TPSA) is 43.9 Å². The molecular weight excluding hydrogens is 330 g/mol. The van der Waals surface area contributed by atoms with Gasteiger partial charge in [-0.1, -0.05) is 6.92 Å². The average Bonchev–Trinajstić information content (AvgIpc) is 2.86. The molecule has 7 heteroatoms. The number of thioether (sulfide) groups is 1. The maximum atomic E-state index is 12.6. The number of amides is 2. The van der Waals surface area contributed by atoms with E-state index in [1.807, 2.05) is 17.0 Å². The van der Waals surface area contributed by atoms with Gasteiger partial charge in [0, 0.05) is 40.3 Å². The van der Waals surface area contributed by atoms with Crippen molar-refractivity contribution >= 4 is 34.9 Å². The predicted octanol–water partition coefficient (Wildman–Crippen LogP) is 2.10. The van der Waals surface area contributed by atoms with Gasteiger partial charge in [0.1, 0.15) is 0 Å². The smallest absolute Gasteiger partial charge is 0.264 e. The Morgan fingerprint density at radius 1 is 1.22 bits per heavy atom. The van der Waals surface area contributed by atoms with Gasteiger partial charge in [0.2, 0.25) is 5.91 Å². The molecule has 1 aliphatic heterocycles. The molecule has 1 saturated heterocycles. The third-order valence-corrected chi connectivity index (χ3v) is 5.99. The Hall–Kier alpha value is -1.05. The Morgan fingerprint density at radius 3 is 2.70 bits per heavy atom. The SMILES string of the molecule is CCSc1ccc(C(=O)N2CCCN(CC(=O)N(C)C)CC2)s1. The van der Waals surface area contributed by atoms with E-state index in [4.69, 9.17) is 0 Å². The lowest BCUT2D eigenvalue weighted by Crippen LogP contribution is -2.39. The zero-order valence-electron chi connectivity index (χ0n) is 14.1. The maximum absolute atomic E-state index is 12.6. The van der Waals surface area contributed by atoms with Gasteiger partial charge in [-0.3, -0.25) is 14.5 Å². The Bertz CT molecular complexity index is 545. The first-order valence-corrected chi connectivity index (χ1v) is 9.76. The Balaban J connectivity index is 1.91. The molecule has 0 radical (unpaired) electrons. The highest BCUT2D eigenvalue weighted by Gasteiger charge is 2.22. The molecule has 1 aromatic rings. The quantitative estimate of drug-likeness (QED) is 0.759.